The van der Waals surface area contributed by atoms with Gasteiger partial charge in [0.2, 0.25) is 0 Å². The van der Waals surface area contributed by atoms with Crippen LogP contribution in [-0.2, 0) is 6.54 Å². The lowest BCUT2D eigenvalue weighted by atomic mass is 10.0. The number of phenolic OH excluding ortho intramolecular Hbond substituents is 1. The molecule has 3 N–H and O–H groups in total. The van der Waals surface area contributed by atoms with Gasteiger partial charge in [0.25, 0.3) is 0 Å². The van der Waals surface area contributed by atoms with Crippen LogP contribution in [0.1, 0.15) is 5.56 Å². The maximum atomic E-state index is 9.79. The summed E-state index contributed by atoms with van der Waals surface area (Å²) in [6.45, 7) is 0.431. The number of benzene rings is 1. The highest BCUT2D eigenvalue weighted by Gasteiger charge is 2.04. The Bertz CT molecular complexity index is 454. The van der Waals surface area contributed by atoms with Gasteiger partial charge in [-0.3, -0.25) is 4.98 Å². The van der Waals surface area contributed by atoms with E-state index in [-0.39, 0.29) is 5.75 Å². The second-order valence-corrected chi connectivity index (χ2v) is 3.30. The molecular formula is C12H12N2O. The summed E-state index contributed by atoms with van der Waals surface area (Å²) < 4.78 is 0. The lowest BCUT2D eigenvalue weighted by Crippen LogP contribution is -1.95. The van der Waals surface area contributed by atoms with Crippen LogP contribution in [-0.4, -0.2) is 10.1 Å². The molecule has 0 radical (unpaired) electrons. The fourth-order valence-electron chi connectivity index (χ4n) is 1.47. The Labute approximate surface area is 88.2 Å². The van der Waals surface area contributed by atoms with Crippen LogP contribution in [0.5, 0.6) is 5.75 Å². The Morgan fingerprint density at radius 1 is 1.27 bits per heavy atom. The molecule has 0 amide bonds. The summed E-state index contributed by atoms with van der Waals surface area (Å²) in [5.74, 6) is 0.242. The fraction of sp³-hybridized carbons (Fsp3) is 0.0833. The molecule has 2 rings (SSSR count). The maximum absolute atomic E-state index is 9.79. The van der Waals surface area contributed by atoms with Crippen molar-refractivity contribution in [3.63, 3.8) is 0 Å². The number of hydrogen-bond donors (Lipinski definition) is 2. The molecule has 0 bridgehead atoms. The monoisotopic (exact) mass is 200 g/mol. The van der Waals surface area contributed by atoms with Crippen LogP contribution in [0.2, 0.25) is 0 Å². The van der Waals surface area contributed by atoms with E-state index in [2.05, 4.69) is 4.98 Å². The number of rotatable bonds is 2. The Balaban J connectivity index is 2.46. The first-order chi connectivity index (χ1) is 7.31. The summed E-state index contributed by atoms with van der Waals surface area (Å²) in [7, 11) is 0. The minimum Gasteiger partial charge on any atom is -0.507 e. The smallest absolute Gasteiger partial charge is 0.123 e. The zero-order valence-electron chi connectivity index (χ0n) is 8.22. The van der Waals surface area contributed by atoms with Crippen LogP contribution in [0.25, 0.3) is 11.1 Å². The summed E-state index contributed by atoms with van der Waals surface area (Å²) in [5, 5.41) is 9.79. The third-order valence-electron chi connectivity index (χ3n) is 2.27. The SMILES string of the molecule is NCc1ccc(-c2cccnc2)c(O)c1. The lowest BCUT2D eigenvalue weighted by Gasteiger charge is -2.05. The van der Waals surface area contributed by atoms with Crippen molar-refractivity contribution in [1.29, 1.82) is 0 Å². The number of pyridine rings is 1. The van der Waals surface area contributed by atoms with Gasteiger partial charge in [0.05, 0.1) is 0 Å². The molecule has 15 heavy (non-hydrogen) atoms. The maximum Gasteiger partial charge on any atom is 0.123 e. The van der Waals surface area contributed by atoms with Gasteiger partial charge in [-0.25, -0.2) is 0 Å². The molecule has 0 aliphatic heterocycles. The fourth-order valence-corrected chi connectivity index (χ4v) is 1.47. The minimum atomic E-state index is 0.242. The van der Waals surface area contributed by atoms with E-state index < -0.39 is 0 Å². The average Bonchev–Trinajstić information content (AvgIpc) is 2.30. The lowest BCUT2D eigenvalue weighted by molar-refractivity contribution is 0.476. The van der Waals surface area contributed by atoms with Crippen molar-refractivity contribution in [3.05, 3.63) is 48.3 Å². The van der Waals surface area contributed by atoms with E-state index in [4.69, 9.17) is 5.73 Å². The molecule has 1 aromatic heterocycles. The normalized spacial score (nSPS) is 10.2. The molecule has 0 saturated carbocycles. The van der Waals surface area contributed by atoms with Gasteiger partial charge in [0, 0.05) is 30.1 Å². The van der Waals surface area contributed by atoms with Crippen molar-refractivity contribution in [2.24, 2.45) is 5.73 Å². The number of nitrogens with two attached hydrogens (primary N) is 1. The van der Waals surface area contributed by atoms with E-state index in [1.165, 1.54) is 0 Å². The molecule has 0 aliphatic rings. The van der Waals surface area contributed by atoms with Gasteiger partial charge in [-0.1, -0.05) is 18.2 Å². The minimum absolute atomic E-state index is 0.242. The second-order valence-electron chi connectivity index (χ2n) is 3.30. The highest BCUT2D eigenvalue weighted by molar-refractivity contribution is 5.69. The van der Waals surface area contributed by atoms with E-state index in [9.17, 15) is 5.11 Å². The average molecular weight is 200 g/mol. The molecule has 1 heterocycles. The van der Waals surface area contributed by atoms with Gasteiger partial charge in [0.1, 0.15) is 5.75 Å². The molecular weight excluding hydrogens is 188 g/mol. The van der Waals surface area contributed by atoms with Gasteiger partial charge in [0.15, 0.2) is 0 Å². The molecule has 3 heteroatoms. The third kappa shape index (κ3) is 1.97. The van der Waals surface area contributed by atoms with Crippen molar-refractivity contribution in [1.82, 2.24) is 4.98 Å². The first-order valence-electron chi connectivity index (χ1n) is 4.73. The van der Waals surface area contributed by atoms with Crippen LogP contribution in [0, 0.1) is 0 Å². The Kier molecular flexibility index (Phi) is 2.65. The van der Waals surface area contributed by atoms with Crippen molar-refractivity contribution in [3.8, 4) is 16.9 Å². The number of aromatic hydroxyl groups is 1. The van der Waals surface area contributed by atoms with Gasteiger partial charge >= 0.3 is 0 Å². The van der Waals surface area contributed by atoms with Gasteiger partial charge in [-0.2, -0.15) is 0 Å². The quantitative estimate of drug-likeness (QED) is 0.778. The van der Waals surface area contributed by atoms with Crippen LogP contribution in [0.15, 0.2) is 42.7 Å². The molecule has 0 spiro atoms. The van der Waals surface area contributed by atoms with E-state index in [0.717, 1.165) is 16.7 Å². The summed E-state index contributed by atoms with van der Waals surface area (Å²) in [6, 6.07) is 9.19. The number of aromatic nitrogens is 1. The molecule has 2 aromatic rings. The van der Waals surface area contributed by atoms with E-state index in [1.807, 2.05) is 24.3 Å². The second kappa shape index (κ2) is 4.11. The molecule has 0 saturated heterocycles. The molecule has 0 atom stereocenters. The number of hydrogen-bond acceptors (Lipinski definition) is 3. The molecule has 1 aromatic carbocycles. The number of phenols is 1. The predicted molar refractivity (Wildman–Crippen MR) is 59.2 cm³/mol. The van der Waals surface area contributed by atoms with Gasteiger partial charge in [-0.15, -0.1) is 0 Å². The van der Waals surface area contributed by atoms with Crippen molar-refractivity contribution in [2.75, 3.05) is 0 Å². The first-order valence-corrected chi connectivity index (χ1v) is 4.73. The zero-order chi connectivity index (χ0) is 10.7. The zero-order valence-corrected chi connectivity index (χ0v) is 8.22. The Morgan fingerprint density at radius 2 is 2.13 bits per heavy atom. The molecule has 76 valence electrons. The van der Waals surface area contributed by atoms with Gasteiger partial charge in [-0.05, 0) is 17.7 Å². The van der Waals surface area contributed by atoms with Crippen LogP contribution in [0.3, 0.4) is 0 Å². The summed E-state index contributed by atoms with van der Waals surface area (Å²) >= 11 is 0. The van der Waals surface area contributed by atoms with Crippen LogP contribution >= 0.6 is 0 Å². The van der Waals surface area contributed by atoms with Crippen LogP contribution < -0.4 is 5.73 Å². The molecule has 0 fully saturated rings. The first kappa shape index (κ1) is 9.68. The number of nitrogens with zero attached hydrogens (tertiary/aromatic N) is 1. The van der Waals surface area contributed by atoms with E-state index in [0.29, 0.717) is 6.54 Å². The van der Waals surface area contributed by atoms with Crippen molar-refractivity contribution >= 4 is 0 Å². The van der Waals surface area contributed by atoms with E-state index in [1.54, 1.807) is 18.5 Å². The van der Waals surface area contributed by atoms with E-state index >= 15 is 0 Å². The summed E-state index contributed by atoms with van der Waals surface area (Å²) in [4.78, 5) is 4.01. The van der Waals surface area contributed by atoms with Crippen molar-refractivity contribution < 1.29 is 5.11 Å². The molecule has 3 nitrogen and oxygen atoms in total. The van der Waals surface area contributed by atoms with Crippen LogP contribution in [0.4, 0.5) is 0 Å². The molecule has 0 aliphatic carbocycles. The Hall–Kier alpha value is -1.87. The van der Waals surface area contributed by atoms with Gasteiger partial charge < -0.3 is 10.8 Å². The predicted octanol–water partition coefficient (Wildman–Crippen LogP) is 1.91. The summed E-state index contributed by atoms with van der Waals surface area (Å²) in [6.07, 6.45) is 3.42. The third-order valence-corrected chi connectivity index (χ3v) is 2.27. The highest BCUT2D eigenvalue weighted by atomic mass is 16.3. The standard InChI is InChI=1S/C12H12N2O/c13-7-9-3-4-11(12(15)6-9)10-2-1-5-14-8-10/h1-6,8,15H,7,13H2. The molecule has 0 unspecified atom stereocenters. The topological polar surface area (TPSA) is 59.1 Å². The highest BCUT2D eigenvalue weighted by Crippen LogP contribution is 2.28. The van der Waals surface area contributed by atoms with Crippen molar-refractivity contribution in [2.45, 2.75) is 6.54 Å². The Morgan fingerprint density at radius 3 is 2.73 bits per heavy atom. The largest absolute Gasteiger partial charge is 0.507 e. The summed E-state index contributed by atoms with van der Waals surface area (Å²) in [5.41, 5.74) is 8.08.